The van der Waals surface area contributed by atoms with Gasteiger partial charge in [0.1, 0.15) is 0 Å². The maximum absolute atomic E-state index is 12.5. The van der Waals surface area contributed by atoms with Gasteiger partial charge in [0.25, 0.3) is 0 Å². The third kappa shape index (κ3) is 4.15. The fourth-order valence-corrected chi connectivity index (χ4v) is 1.58. The average Bonchev–Trinajstić information content (AvgIpc) is 2.25. The molecule has 2 nitrogen and oxygen atoms in total. The Bertz CT molecular complexity index is 378. The van der Waals surface area contributed by atoms with E-state index in [9.17, 15) is 13.2 Å². The Morgan fingerprint density at radius 1 is 1.17 bits per heavy atom. The largest absolute Gasteiger partial charge is 0.414 e. The van der Waals surface area contributed by atoms with Gasteiger partial charge in [-0.15, -0.1) is 0 Å². The van der Waals surface area contributed by atoms with Crippen molar-refractivity contribution in [2.45, 2.75) is 38.3 Å². The summed E-state index contributed by atoms with van der Waals surface area (Å²) in [6.45, 7) is 2.56. The van der Waals surface area contributed by atoms with Crippen LogP contribution in [0.4, 0.5) is 13.2 Å². The summed E-state index contributed by atoms with van der Waals surface area (Å²) in [6, 6.07) is 5.84. The minimum absolute atomic E-state index is 0.506. The van der Waals surface area contributed by atoms with E-state index in [1.54, 1.807) is 31.2 Å². The van der Waals surface area contributed by atoms with Gasteiger partial charge in [-0.1, -0.05) is 23.7 Å². The molecule has 1 rings (SSSR count). The topological polar surface area (TPSA) is 35.2 Å². The summed E-state index contributed by atoms with van der Waals surface area (Å²) in [6.07, 6.45) is -7.09. The molecule has 0 aliphatic heterocycles. The third-order valence-electron chi connectivity index (χ3n) is 2.49. The molecule has 0 aliphatic carbocycles. The number of ether oxygens (including phenoxy) is 1. The second-order valence-electron chi connectivity index (χ2n) is 4.15. The molecule has 1 aromatic carbocycles. The first-order valence-corrected chi connectivity index (χ1v) is 5.83. The van der Waals surface area contributed by atoms with Crippen LogP contribution in [0.1, 0.15) is 25.5 Å². The first kappa shape index (κ1) is 15.3. The highest BCUT2D eigenvalue weighted by Crippen LogP contribution is 2.30. The Morgan fingerprint density at radius 2 is 1.67 bits per heavy atom. The van der Waals surface area contributed by atoms with Crippen molar-refractivity contribution in [3.8, 4) is 0 Å². The van der Waals surface area contributed by atoms with Gasteiger partial charge in [0, 0.05) is 11.1 Å². The number of hydrogen-bond donors (Lipinski definition) is 1. The predicted molar refractivity (Wildman–Crippen MR) is 64.4 cm³/mol. The lowest BCUT2D eigenvalue weighted by Crippen LogP contribution is -2.35. The summed E-state index contributed by atoms with van der Waals surface area (Å²) in [5, 5.41) is 0.506. The first-order valence-electron chi connectivity index (χ1n) is 5.45. The van der Waals surface area contributed by atoms with Gasteiger partial charge in [0.15, 0.2) is 6.10 Å². The van der Waals surface area contributed by atoms with Gasteiger partial charge >= 0.3 is 6.18 Å². The van der Waals surface area contributed by atoms with Crippen LogP contribution >= 0.6 is 11.6 Å². The van der Waals surface area contributed by atoms with Crippen molar-refractivity contribution in [3.05, 3.63) is 34.9 Å². The quantitative estimate of drug-likeness (QED) is 0.913. The molecule has 0 saturated heterocycles. The van der Waals surface area contributed by atoms with E-state index in [0.717, 1.165) is 6.92 Å². The van der Waals surface area contributed by atoms with Crippen molar-refractivity contribution in [3.63, 3.8) is 0 Å². The van der Waals surface area contributed by atoms with Gasteiger partial charge in [-0.25, -0.2) is 0 Å². The van der Waals surface area contributed by atoms with Crippen LogP contribution in [0.15, 0.2) is 24.3 Å². The number of benzene rings is 1. The lowest BCUT2D eigenvalue weighted by molar-refractivity contribution is -0.229. The van der Waals surface area contributed by atoms with Gasteiger partial charge < -0.3 is 10.5 Å². The van der Waals surface area contributed by atoms with Crippen molar-refractivity contribution in [2.24, 2.45) is 5.73 Å². The van der Waals surface area contributed by atoms with Gasteiger partial charge in [0.05, 0.1) is 6.10 Å². The van der Waals surface area contributed by atoms with Gasteiger partial charge in [0.2, 0.25) is 0 Å². The third-order valence-corrected chi connectivity index (χ3v) is 2.74. The zero-order chi connectivity index (χ0) is 13.9. The summed E-state index contributed by atoms with van der Waals surface area (Å²) in [7, 11) is 0. The molecule has 3 atom stereocenters. The fourth-order valence-electron chi connectivity index (χ4n) is 1.46. The Kier molecular flexibility index (Phi) is 5.01. The summed E-state index contributed by atoms with van der Waals surface area (Å²) >= 11 is 5.72. The van der Waals surface area contributed by atoms with Crippen LogP contribution in [0, 0.1) is 0 Å². The summed E-state index contributed by atoms with van der Waals surface area (Å²) in [4.78, 5) is 0. The standard InChI is InChI=1S/C12H15ClF3NO/c1-7(17)11(18-8(2)12(14,15)16)9-3-5-10(13)6-4-9/h3-8,11H,17H2,1-2H3. The van der Waals surface area contributed by atoms with Crippen LogP contribution in [0.3, 0.4) is 0 Å². The highest BCUT2D eigenvalue weighted by atomic mass is 35.5. The Morgan fingerprint density at radius 3 is 2.06 bits per heavy atom. The van der Waals surface area contributed by atoms with E-state index < -0.39 is 24.4 Å². The van der Waals surface area contributed by atoms with Crippen molar-refractivity contribution < 1.29 is 17.9 Å². The molecule has 102 valence electrons. The van der Waals surface area contributed by atoms with Crippen LogP contribution in [0.2, 0.25) is 5.02 Å². The Hall–Kier alpha value is -0.780. The summed E-state index contributed by atoms with van der Waals surface area (Å²) < 4.78 is 42.4. The number of hydrogen-bond acceptors (Lipinski definition) is 2. The zero-order valence-electron chi connectivity index (χ0n) is 10.0. The molecule has 0 spiro atoms. The van der Waals surface area contributed by atoms with Crippen LogP contribution in [0.25, 0.3) is 0 Å². The van der Waals surface area contributed by atoms with Crippen LogP contribution in [0.5, 0.6) is 0 Å². The second-order valence-corrected chi connectivity index (χ2v) is 4.59. The van der Waals surface area contributed by atoms with Crippen LogP contribution in [-0.2, 0) is 4.74 Å². The molecular formula is C12H15ClF3NO. The van der Waals surface area contributed by atoms with Crippen molar-refractivity contribution in [1.82, 2.24) is 0 Å². The highest BCUT2D eigenvalue weighted by molar-refractivity contribution is 6.30. The van der Waals surface area contributed by atoms with E-state index in [1.165, 1.54) is 0 Å². The van der Waals surface area contributed by atoms with Gasteiger partial charge in [-0.05, 0) is 31.5 Å². The van der Waals surface area contributed by atoms with Crippen LogP contribution < -0.4 is 5.73 Å². The van der Waals surface area contributed by atoms with Crippen LogP contribution in [-0.4, -0.2) is 18.3 Å². The summed E-state index contributed by atoms with van der Waals surface area (Å²) in [5.74, 6) is 0. The van der Waals surface area contributed by atoms with E-state index in [2.05, 4.69) is 0 Å². The molecule has 0 amide bonds. The van der Waals surface area contributed by atoms with E-state index >= 15 is 0 Å². The van der Waals surface area contributed by atoms with E-state index in [1.807, 2.05) is 0 Å². The van der Waals surface area contributed by atoms with Gasteiger partial charge in [-0.3, -0.25) is 0 Å². The normalized spacial score (nSPS) is 17.3. The average molecular weight is 282 g/mol. The SMILES string of the molecule is CC(N)C(OC(C)C(F)(F)F)c1ccc(Cl)cc1. The minimum atomic E-state index is -4.40. The molecule has 6 heteroatoms. The zero-order valence-corrected chi connectivity index (χ0v) is 10.8. The molecule has 0 fully saturated rings. The molecule has 0 bridgehead atoms. The molecular weight excluding hydrogens is 267 g/mol. The molecule has 0 aliphatic rings. The fraction of sp³-hybridized carbons (Fsp3) is 0.500. The monoisotopic (exact) mass is 281 g/mol. The van der Waals surface area contributed by atoms with Crippen molar-refractivity contribution in [2.75, 3.05) is 0 Å². The predicted octanol–water partition coefficient (Wildman–Crippen LogP) is 3.70. The smallest absolute Gasteiger partial charge is 0.360 e. The van der Waals surface area contributed by atoms with E-state index in [4.69, 9.17) is 22.1 Å². The summed E-state index contributed by atoms with van der Waals surface area (Å²) in [5.41, 5.74) is 6.25. The molecule has 3 unspecified atom stereocenters. The second kappa shape index (κ2) is 5.91. The molecule has 0 saturated carbocycles. The number of nitrogens with two attached hydrogens (primary N) is 1. The lowest BCUT2D eigenvalue weighted by Gasteiger charge is -2.27. The van der Waals surface area contributed by atoms with Gasteiger partial charge in [-0.2, -0.15) is 13.2 Å². The maximum Gasteiger partial charge on any atom is 0.414 e. The van der Waals surface area contributed by atoms with E-state index in [-0.39, 0.29) is 0 Å². The molecule has 1 aromatic rings. The Balaban J connectivity index is 2.87. The molecule has 18 heavy (non-hydrogen) atoms. The highest BCUT2D eigenvalue weighted by Gasteiger charge is 2.39. The van der Waals surface area contributed by atoms with Crippen molar-refractivity contribution >= 4 is 11.6 Å². The van der Waals surface area contributed by atoms with Crippen molar-refractivity contribution in [1.29, 1.82) is 0 Å². The Labute approximate surface area is 109 Å². The molecule has 0 aromatic heterocycles. The molecule has 0 heterocycles. The minimum Gasteiger partial charge on any atom is -0.360 e. The number of rotatable bonds is 4. The van der Waals surface area contributed by atoms with E-state index in [0.29, 0.717) is 10.6 Å². The maximum atomic E-state index is 12.5. The number of halogens is 4. The molecule has 2 N–H and O–H groups in total. The first-order chi connectivity index (χ1) is 8.21. The molecule has 0 radical (unpaired) electrons. The lowest BCUT2D eigenvalue weighted by atomic mass is 10.0. The number of alkyl halides is 3.